The van der Waals surface area contributed by atoms with Gasteiger partial charge in [0.15, 0.2) is 0 Å². The number of hydrogen-bond acceptors (Lipinski definition) is 0. The predicted molar refractivity (Wildman–Crippen MR) is 107 cm³/mol. The molecule has 0 aliphatic rings. The molecule has 0 aliphatic carbocycles. The number of para-hydroxylation sites is 1. The molecule has 1 aromatic heterocycles. The van der Waals surface area contributed by atoms with Gasteiger partial charge in [-0.1, -0.05) is 95.6 Å². The summed E-state index contributed by atoms with van der Waals surface area (Å²) in [5, 5.41) is 3.15. The molecule has 0 fully saturated rings. The summed E-state index contributed by atoms with van der Waals surface area (Å²) in [4.78, 5) is 0. The van der Waals surface area contributed by atoms with Crippen molar-refractivity contribution in [2.45, 2.75) is 77.4 Å². The lowest BCUT2D eigenvalue weighted by Crippen LogP contribution is -2.50. The molecule has 0 aliphatic heterocycles. The molecule has 2 aromatic rings. The highest BCUT2D eigenvalue weighted by Crippen LogP contribution is 2.30. The Balaban J connectivity index is 2.48. The Bertz CT molecular complexity index is 577. The van der Waals surface area contributed by atoms with E-state index >= 15 is 0 Å². The van der Waals surface area contributed by atoms with Crippen molar-refractivity contribution in [1.82, 2.24) is 4.57 Å². The SMILES string of the molecule is CCCC[Si](CCCC)(CCCC)c1cc2ccccc2n1C. The molecule has 0 N–H and O–H groups in total. The van der Waals surface area contributed by atoms with E-state index in [9.17, 15) is 0 Å². The van der Waals surface area contributed by atoms with Crippen LogP contribution in [-0.2, 0) is 7.05 Å². The molecule has 23 heavy (non-hydrogen) atoms. The molecule has 1 heterocycles. The van der Waals surface area contributed by atoms with E-state index in [0.29, 0.717) is 0 Å². The zero-order valence-electron chi connectivity index (χ0n) is 15.7. The fourth-order valence-electron chi connectivity index (χ4n) is 4.10. The number of aryl methyl sites for hydroxylation is 1. The van der Waals surface area contributed by atoms with Gasteiger partial charge in [-0.05, 0) is 17.5 Å². The molecule has 1 aromatic carbocycles. The van der Waals surface area contributed by atoms with E-state index in [1.807, 2.05) is 0 Å². The van der Waals surface area contributed by atoms with E-state index in [-0.39, 0.29) is 0 Å². The van der Waals surface area contributed by atoms with Crippen molar-refractivity contribution >= 4 is 24.3 Å². The highest BCUT2D eigenvalue weighted by Gasteiger charge is 2.35. The van der Waals surface area contributed by atoms with Crippen LogP contribution in [0.25, 0.3) is 10.9 Å². The van der Waals surface area contributed by atoms with Gasteiger partial charge in [0.1, 0.15) is 8.07 Å². The summed E-state index contributed by atoms with van der Waals surface area (Å²) in [5.41, 5.74) is 1.42. The monoisotopic (exact) mass is 329 g/mol. The topological polar surface area (TPSA) is 4.93 Å². The van der Waals surface area contributed by atoms with Crippen LogP contribution >= 0.6 is 0 Å². The standard InChI is InChI=1S/C21H35NSi/c1-5-8-15-23(16-9-6-2,17-10-7-3)21-18-19-13-11-12-14-20(19)22(21)4/h11-14,18H,5-10,15-17H2,1-4H3. The second kappa shape index (κ2) is 8.72. The Hall–Kier alpha value is -1.02. The highest BCUT2D eigenvalue weighted by molar-refractivity contribution is 6.91. The number of fused-ring (bicyclic) bond motifs is 1. The number of rotatable bonds is 10. The van der Waals surface area contributed by atoms with E-state index in [2.05, 4.69) is 62.7 Å². The zero-order chi connectivity index (χ0) is 16.7. The van der Waals surface area contributed by atoms with E-state index < -0.39 is 8.07 Å². The predicted octanol–water partition coefficient (Wildman–Crippen LogP) is 6.23. The van der Waals surface area contributed by atoms with Crippen molar-refractivity contribution in [3.8, 4) is 0 Å². The number of hydrogen-bond donors (Lipinski definition) is 0. The minimum atomic E-state index is -1.40. The van der Waals surface area contributed by atoms with Gasteiger partial charge >= 0.3 is 0 Å². The highest BCUT2D eigenvalue weighted by atomic mass is 28.3. The summed E-state index contributed by atoms with van der Waals surface area (Å²) in [6.45, 7) is 7.04. The molecular weight excluding hydrogens is 294 g/mol. The molecule has 0 bridgehead atoms. The first-order valence-corrected chi connectivity index (χ1v) is 12.4. The van der Waals surface area contributed by atoms with Crippen LogP contribution in [0.5, 0.6) is 0 Å². The lowest BCUT2D eigenvalue weighted by atomic mass is 10.2. The van der Waals surface area contributed by atoms with Crippen LogP contribution in [0.4, 0.5) is 0 Å². The molecule has 2 heteroatoms. The molecule has 2 rings (SSSR count). The number of benzene rings is 1. The average molecular weight is 330 g/mol. The minimum absolute atomic E-state index is 1.33. The van der Waals surface area contributed by atoms with Gasteiger partial charge in [0.25, 0.3) is 0 Å². The fourth-order valence-corrected chi connectivity index (χ4v) is 10.0. The quantitative estimate of drug-likeness (QED) is 0.455. The smallest absolute Gasteiger partial charge is 0.108 e. The Morgan fingerprint density at radius 1 is 0.826 bits per heavy atom. The first-order chi connectivity index (χ1) is 11.2. The summed E-state index contributed by atoms with van der Waals surface area (Å²) >= 11 is 0. The van der Waals surface area contributed by atoms with Gasteiger partial charge in [-0.3, -0.25) is 0 Å². The van der Waals surface area contributed by atoms with Crippen LogP contribution in [0.2, 0.25) is 18.1 Å². The first-order valence-electron chi connectivity index (χ1n) is 9.73. The Morgan fingerprint density at radius 2 is 1.35 bits per heavy atom. The van der Waals surface area contributed by atoms with E-state index in [0.717, 1.165) is 0 Å². The third kappa shape index (κ3) is 4.09. The van der Waals surface area contributed by atoms with Crippen LogP contribution in [0.1, 0.15) is 59.3 Å². The Labute approximate surface area is 144 Å². The molecule has 0 amide bonds. The lowest BCUT2D eigenvalue weighted by Gasteiger charge is -2.33. The van der Waals surface area contributed by atoms with Gasteiger partial charge in [-0.2, -0.15) is 0 Å². The van der Waals surface area contributed by atoms with Crippen LogP contribution in [0.3, 0.4) is 0 Å². The van der Waals surface area contributed by atoms with Crippen molar-refractivity contribution in [2.24, 2.45) is 7.05 Å². The van der Waals surface area contributed by atoms with Crippen LogP contribution < -0.4 is 5.32 Å². The van der Waals surface area contributed by atoms with E-state index in [1.54, 1.807) is 5.32 Å². The van der Waals surface area contributed by atoms with Crippen LogP contribution in [-0.4, -0.2) is 12.6 Å². The van der Waals surface area contributed by atoms with Gasteiger partial charge < -0.3 is 4.57 Å². The maximum Gasteiger partial charge on any atom is 0.108 e. The second-order valence-corrected chi connectivity index (χ2v) is 11.8. The second-order valence-electron chi connectivity index (χ2n) is 7.24. The van der Waals surface area contributed by atoms with Crippen molar-refractivity contribution in [1.29, 1.82) is 0 Å². The molecule has 0 saturated carbocycles. The molecule has 128 valence electrons. The summed E-state index contributed by atoms with van der Waals surface area (Å²) < 4.78 is 2.54. The van der Waals surface area contributed by atoms with Gasteiger partial charge in [-0.25, -0.2) is 0 Å². The molecule has 0 radical (unpaired) electrons. The van der Waals surface area contributed by atoms with Crippen molar-refractivity contribution in [2.75, 3.05) is 0 Å². The molecule has 0 atom stereocenters. The van der Waals surface area contributed by atoms with Gasteiger partial charge in [0.05, 0.1) is 0 Å². The number of unbranched alkanes of at least 4 members (excludes halogenated alkanes) is 3. The largest absolute Gasteiger partial charge is 0.352 e. The van der Waals surface area contributed by atoms with Crippen molar-refractivity contribution < 1.29 is 0 Å². The summed E-state index contributed by atoms with van der Waals surface area (Å²) in [6.07, 6.45) is 8.20. The maximum atomic E-state index is 2.54. The molecule has 0 spiro atoms. The van der Waals surface area contributed by atoms with Crippen LogP contribution in [0, 0.1) is 0 Å². The Kier molecular flexibility index (Phi) is 6.95. The van der Waals surface area contributed by atoms with Crippen LogP contribution in [0.15, 0.2) is 30.3 Å². The molecule has 0 unspecified atom stereocenters. The first kappa shape index (κ1) is 18.3. The molecule has 1 nitrogen and oxygen atoms in total. The Morgan fingerprint density at radius 3 is 1.83 bits per heavy atom. The maximum absolute atomic E-state index is 2.54. The third-order valence-corrected chi connectivity index (χ3v) is 11.0. The van der Waals surface area contributed by atoms with E-state index in [1.165, 1.54) is 67.6 Å². The van der Waals surface area contributed by atoms with Gasteiger partial charge in [0.2, 0.25) is 0 Å². The number of aromatic nitrogens is 1. The third-order valence-electron chi connectivity index (χ3n) is 5.52. The van der Waals surface area contributed by atoms with Gasteiger partial charge in [0, 0.05) is 17.9 Å². The van der Waals surface area contributed by atoms with Crippen molar-refractivity contribution in [3.05, 3.63) is 30.3 Å². The zero-order valence-corrected chi connectivity index (χ0v) is 16.7. The summed E-state index contributed by atoms with van der Waals surface area (Å²) in [6, 6.07) is 15.9. The fraction of sp³-hybridized carbons (Fsp3) is 0.619. The van der Waals surface area contributed by atoms with E-state index in [4.69, 9.17) is 0 Å². The summed E-state index contributed by atoms with van der Waals surface area (Å²) in [5.74, 6) is 0. The van der Waals surface area contributed by atoms with Gasteiger partial charge in [-0.15, -0.1) is 0 Å². The summed E-state index contributed by atoms with van der Waals surface area (Å²) in [7, 11) is 0.910. The lowest BCUT2D eigenvalue weighted by molar-refractivity contribution is 0.795. The molecular formula is C21H35NSi. The van der Waals surface area contributed by atoms with Crippen molar-refractivity contribution in [3.63, 3.8) is 0 Å². The molecule has 0 saturated heterocycles. The minimum Gasteiger partial charge on any atom is -0.352 e. The number of nitrogens with zero attached hydrogens (tertiary/aromatic N) is 1. The average Bonchev–Trinajstić information content (AvgIpc) is 2.92. The normalized spacial score (nSPS) is 12.2.